The largest absolute Gasteiger partial charge is 0.573 e. The van der Waals surface area contributed by atoms with E-state index in [0.717, 1.165) is 22.6 Å². The molecule has 8 nitrogen and oxygen atoms in total. The predicted molar refractivity (Wildman–Crippen MR) is 163 cm³/mol. The molecule has 1 saturated heterocycles. The summed E-state index contributed by atoms with van der Waals surface area (Å²) in [6, 6.07) is 16.9. The van der Waals surface area contributed by atoms with Gasteiger partial charge in [-0.3, -0.25) is 0 Å². The van der Waals surface area contributed by atoms with E-state index in [0.29, 0.717) is 28.8 Å². The Bertz CT molecular complexity index is 1670. The number of hydrogen-bond acceptors (Lipinski definition) is 5. The molecule has 1 aromatic heterocycles. The van der Waals surface area contributed by atoms with Gasteiger partial charge in [0.1, 0.15) is 17.9 Å². The van der Waals surface area contributed by atoms with Crippen LogP contribution in [0.1, 0.15) is 44.7 Å². The van der Waals surface area contributed by atoms with E-state index in [1.165, 1.54) is 59.2 Å². The molecule has 2 amide bonds. The number of aromatic nitrogens is 3. The Hall–Kier alpha value is -4.39. The molecule has 0 atom stereocenters. The van der Waals surface area contributed by atoms with Gasteiger partial charge in [0.25, 0.3) is 0 Å². The second-order valence-electron chi connectivity index (χ2n) is 10.9. The Kier molecular flexibility index (Phi) is 8.69. The number of rotatable bonds is 7. The number of carbonyl (C=O) groups is 1. The lowest BCUT2D eigenvalue weighted by Crippen LogP contribution is -2.40. The van der Waals surface area contributed by atoms with Crippen molar-refractivity contribution in [3.8, 4) is 22.8 Å². The summed E-state index contributed by atoms with van der Waals surface area (Å²) in [6.45, 7) is 8.40. The molecule has 0 unspecified atom stereocenters. The molecule has 1 aliphatic heterocycles. The van der Waals surface area contributed by atoms with Crippen molar-refractivity contribution in [1.82, 2.24) is 20.1 Å². The first kappa shape index (κ1) is 31.0. The van der Waals surface area contributed by atoms with E-state index in [-0.39, 0.29) is 17.5 Å². The lowest BCUT2D eigenvalue weighted by molar-refractivity contribution is -0.274. The number of hydrogen-bond donors (Lipinski definition) is 1. The van der Waals surface area contributed by atoms with Crippen molar-refractivity contribution in [3.63, 3.8) is 0 Å². The summed E-state index contributed by atoms with van der Waals surface area (Å²) in [4.78, 5) is 23.7. The SMILES string of the molecule is CC(C)c1cc(F)ccc1N1CCSC1=NC(=O)NC(C)(C)c1ccc(-c2ncn(-c3ccc(OC(F)(F)F)cc3)n2)cc1. The van der Waals surface area contributed by atoms with Gasteiger partial charge in [0.2, 0.25) is 0 Å². The second-order valence-corrected chi connectivity index (χ2v) is 12.0. The first-order valence-electron chi connectivity index (χ1n) is 13.8. The Labute approximate surface area is 256 Å². The number of urea groups is 1. The number of nitrogens with zero attached hydrogens (tertiary/aromatic N) is 5. The summed E-state index contributed by atoms with van der Waals surface area (Å²) < 4.78 is 56.6. The van der Waals surface area contributed by atoms with Gasteiger partial charge < -0.3 is 15.0 Å². The zero-order valence-corrected chi connectivity index (χ0v) is 25.2. The van der Waals surface area contributed by atoms with Gasteiger partial charge in [-0.1, -0.05) is 49.9 Å². The number of ether oxygens (including phenoxy) is 1. The molecular weight excluding hydrogens is 596 g/mol. The van der Waals surface area contributed by atoms with Gasteiger partial charge >= 0.3 is 12.4 Å². The number of anilines is 1. The number of amides is 2. The highest BCUT2D eigenvalue weighted by Gasteiger charge is 2.31. The van der Waals surface area contributed by atoms with Crippen molar-refractivity contribution in [2.75, 3.05) is 17.2 Å². The van der Waals surface area contributed by atoms with Crippen molar-refractivity contribution in [3.05, 3.63) is 90.0 Å². The minimum absolute atomic E-state index is 0.0977. The molecule has 0 saturated carbocycles. The number of amidine groups is 1. The topological polar surface area (TPSA) is 84.6 Å². The van der Waals surface area contributed by atoms with E-state index >= 15 is 0 Å². The van der Waals surface area contributed by atoms with Crippen LogP contribution >= 0.6 is 11.8 Å². The van der Waals surface area contributed by atoms with E-state index in [4.69, 9.17) is 0 Å². The Morgan fingerprint density at radius 2 is 1.75 bits per heavy atom. The third-order valence-electron chi connectivity index (χ3n) is 6.99. The van der Waals surface area contributed by atoms with Crippen molar-refractivity contribution < 1.29 is 27.1 Å². The lowest BCUT2D eigenvalue weighted by Gasteiger charge is -2.27. The van der Waals surface area contributed by atoms with Gasteiger partial charge in [0, 0.05) is 23.5 Å². The van der Waals surface area contributed by atoms with Crippen molar-refractivity contribution >= 4 is 28.6 Å². The molecule has 0 bridgehead atoms. The third kappa shape index (κ3) is 7.21. The Morgan fingerprint density at radius 3 is 2.41 bits per heavy atom. The van der Waals surface area contributed by atoms with Crippen LogP contribution in [0.25, 0.3) is 17.1 Å². The van der Waals surface area contributed by atoms with Crippen molar-refractivity contribution in [2.45, 2.75) is 45.5 Å². The molecule has 5 rings (SSSR count). The van der Waals surface area contributed by atoms with Crippen LogP contribution in [0.3, 0.4) is 0 Å². The van der Waals surface area contributed by atoms with E-state index < -0.39 is 17.9 Å². The molecule has 0 aliphatic carbocycles. The summed E-state index contributed by atoms with van der Waals surface area (Å²) in [6.07, 6.45) is -3.30. The summed E-state index contributed by atoms with van der Waals surface area (Å²) in [5.74, 6) is 0.644. The monoisotopic (exact) mass is 626 g/mol. The molecule has 3 aromatic carbocycles. The first-order valence-corrected chi connectivity index (χ1v) is 14.8. The normalized spacial score (nSPS) is 14.8. The molecule has 0 spiro atoms. The molecule has 4 aromatic rings. The van der Waals surface area contributed by atoms with E-state index in [1.807, 2.05) is 56.9 Å². The fourth-order valence-electron chi connectivity index (χ4n) is 4.76. The van der Waals surface area contributed by atoms with Gasteiger partial charge in [-0.05, 0) is 73.4 Å². The number of halogens is 4. The van der Waals surface area contributed by atoms with Gasteiger partial charge in [-0.15, -0.1) is 18.3 Å². The maximum atomic E-state index is 13.9. The predicted octanol–water partition coefficient (Wildman–Crippen LogP) is 7.65. The molecule has 1 N–H and O–H groups in total. The van der Waals surface area contributed by atoms with Crippen molar-refractivity contribution in [2.24, 2.45) is 4.99 Å². The number of thioether (sulfide) groups is 1. The number of aliphatic imine (C=N–C) groups is 1. The lowest BCUT2D eigenvalue weighted by atomic mass is 9.93. The molecule has 2 heterocycles. The quantitative estimate of drug-likeness (QED) is 0.212. The average Bonchev–Trinajstić information content (AvgIpc) is 3.63. The number of carbonyl (C=O) groups excluding carboxylic acids is 1. The minimum Gasteiger partial charge on any atom is -0.406 e. The van der Waals surface area contributed by atoms with Gasteiger partial charge in [-0.2, -0.15) is 4.99 Å². The van der Waals surface area contributed by atoms with Gasteiger partial charge in [0.05, 0.1) is 11.2 Å². The van der Waals surface area contributed by atoms with E-state index in [9.17, 15) is 22.4 Å². The van der Waals surface area contributed by atoms with Gasteiger partial charge in [-0.25, -0.2) is 18.9 Å². The molecule has 0 radical (unpaired) electrons. The third-order valence-corrected chi connectivity index (χ3v) is 7.94. The van der Waals surface area contributed by atoms with E-state index in [2.05, 4.69) is 25.1 Å². The molecule has 1 aliphatic rings. The maximum absolute atomic E-state index is 13.9. The molecular formula is C31H30F4N6O2S. The Morgan fingerprint density at radius 1 is 1.05 bits per heavy atom. The van der Waals surface area contributed by atoms with Crippen LogP contribution in [0, 0.1) is 5.82 Å². The summed E-state index contributed by atoms with van der Waals surface area (Å²) in [7, 11) is 0. The van der Waals surface area contributed by atoms with Gasteiger partial charge in [0.15, 0.2) is 11.0 Å². The fraction of sp³-hybridized carbons (Fsp3) is 0.290. The maximum Gasteiger partial charge on any atom is 0.573 e. The van der Waals surface area contributed by atoms with Crippen LogP contribution in [0.5, 0.6) is 5.75 Å². The first-order chi connectivity index (χ1) is 20.8. The second kappa shape index (κ2) is 12.3. The number of alkyl halides is 3. The minimum atomic E-state index is -4.77. The molecule has 230 valence electrons. The zero-order chi connectivity index (χ0) is 31.6. The average molecular weight is 627 g/mol. The summed E-state index contributed by atoms with van der Waals surface area (Å²) in [5.41, 5.74) is 2.99. The van der Waals surface area contributed by atoms with Crippen LogP contribution in [0.4, 0.5) is 28.0 Å². The number of nitrogens with one attached hydrogen (secondary N) is 1. The summed E-state index contributed by atoms with van der Waals surface area (Å²) in [5, 5.41) is 7.97. The highest BCUT2D eigenvalue weighted by molar-refractivity contribution is 8.14. The van der Waals surface area contributed by atoms with Crippen LogP contribution in [-0.2, 0) is 5.54 Å². The highest BCUT2D eigenvalue weighted by atomic mass is 32.2. The van der Waals surface area contributed by atoms with E-state index in [1.54, 1.807) is 6.07 Å². The van der Waals surface area contributed by atoms with Crippen LogP contribution in [0.2, 0.25) is 0 Å². The van der Waals surface area contributed by atoms with Crippen molar-refractivity contribution in [1.29, 1.82) is 0 Å². The van der Waals surface area contributed by atoms with Crippen LogP contribution in [0.15, 0.2) is 78.0 Å². The Balaban J connectivity index is 1.26. The smallest absolute Gasteiger partial charge is 0.406 e. The highest BCUT2D eigenvalue weighted by Crippen LogP contribution is 2.33. The molecule has 1 fully saturated rings. The van der Waals surface area contributed by atoms with Crippen LogP contribution < -0.4 is 15.0 Å². The van der Waals surface area contributed by atoms with Crippen LogP contribution in [-0.4, -0.2) is 44.6 Å². The molecule has 13 heteroatoms. The summed E-state index contributed by atoms with van der Waals surface area (Å²) >= 11 is 1.48. The fourth-order valence-corrected chi connectivity index (χ4v) is 5.71. The standard InChI is InChI=1S/C31H30F4N6O2S/c1-19(2)25-17-22(32)9-14-26(25)40-15-16-44-29(40)37-28(42)38-30(3,4)21-7-5-20(6-8-21)27-36-18-41(39-27)23-10-12-24(13-11-23)43-31(33,34)35/h5-14,17-19H,15-16H2,1-4H3,(H,38,42). The number of benzene rings is 3. The molecule has 44 heavy (non-hydrogen) atoms. The zero-order valence-electron chi connectivity index (χ0n) is 24.4.